The zero-order valence-corrected chi connectivity index (χ0v) is 15.7. The minimum atomic E-state index is -4.05. The highest BCUT2D eigenvalue weighted by Crippen LogP contribution is 2.27. The van der Waals surface area contributed by atoms with Crippen LogP contribution in [0.5, 0.6) is 0 Å². The molecular weight excluding hydrogens is 428 g/mol. The summed E-state index contributed by atoms with van der Waals surface area (Å²) in [6, 6.07) is 10.3. The summed E-state index contributed by atoms with van der Waals surface area (Å²) < 4.78 is 23.5. The Bertz CT molecular complexity index is 932. The Morgan fingerprint density at radius 2 is 1.85 bits per heavy atom. The molecule has 2 rings (SSSR count). The third-order valence-corrected chi connectivity index (χ3v) is 4.73. The number of benzene rings is 2. The predicted octanol–water partition coefficient (Wildman–Crippen LogP) is 2.45. The second-order valence-corrected chi connectivity index (χ2v) is 7.69. The molecule has 1 amide bonds. The highest BCUT2D eigenvalue weighted by Gasteiger charge is 2.19. The Morgan fingerprint density at radius 3 is 2.42 bits per heavy atom. The summed E-state index contributed by atoms with van der Waals surface area (Å²) in [7, 11) is -4.05. The molecule has 11 heteroatoms. The Balaban J connectivity index is 1.99. The monoisotopic (exact) mass is 442 g/mol. The molecule has 0 aromatic heterocycles. The molecule has 0 aliphatic heterocycles. The number of nitro benzene ring substituents is 1. The quantitative estimate of drug-likeness (QED) is 0.443. The fraction of sp³-hybridized carbons (Fsp3) is 0.133. The van der Waals surface area contributed by atoms with Crippen LogP contribution in [-0.4, -0.2) is 25.8 Å². The van der Waals surface area contributed by atoms with E-state index in [2.05, 4.69) is 26.6 Å². The van der Waals surface area contributed by atoms with Crippen LogP contribution < -0.4 is 15.8 Å². The molecule has 0 atom stereocenters. The summed E-state index contributed by atoms with van der Waals surface area (Å²) >= 11 is 3.29. The van der Waals surface area contributed by atoms with Crippen molar-refractivity contribution in [1.29, 1.82) is 0 Å². The van der Waals surface area contributed by atoms with E-state index in [1.54, 1.807) is 24.3 Å². The Hall–Kier alpha value is -2.50. The number of nitrogens with zero attached hydrogens (tertiary/aromatic N) is 1. The normalized spacial score (nSPS) is 11.0. The van der Waals surface area contributed by atoms with E-state index in [-0.39, 0.29) is 29.5 Å². The average molecular weight is 443 g/mol. The SMILES string of the molecule is NS(=O)(=O)c1ccc(NCCC(=O)Nc2ccc(Br)cc2)c([N+](=O)[O-])c1. The number of hydrogen-bond acceptors (Lipinski definition) is 6. The van der Waals surface area contributed by atoms with Crippen LogP contribution in [0, 0.1) is 10.1 Å². The molecule has 0 spiro atoms. The van der Waals surface area contributed by atoms with Gasteiger partial charge in [-0.3, -0.25) is 14.9 Å². The Labute approximate surface area is 157 Å². The van der Waals surface area contributed by atoms with Gasteiger partial charge in [0.25, 0.3) is 5.69 Å². The molecule has 0 radical (unpaired) electrons. The average Bonchev–Trinajstić information content (AvgIpc) is 2.56. The molecular formula is C15H15BrN4O5S. The van der Waals surface area contributed by atoms with Gasteiger partial charge in [-0.25, -0.2) is 13.6 Å². The van der Waals surface area contributed by atoms with Crippen molar-refractivity contribution in [3.05, 3.63) is 57.1 Å². The van der Waals surface area contributed by atoms with Gasteiger partial charge in [-0.05, 0) is 36.4 Å². The van der Waals surface area contributed by atoms with Gasteiger partial charge < -0.3 is 10.6 Å². The molecule has 26 heavy (non-hydrogen) atoms. The lowest BCUT2D eigenvalue weighted by atomic mass is 10.2. The smallest absolute Gasteiger partial charge is 0.293 e. The second-order valence-electron chi connectivity index (χ2n) is 5.21. The number of carbonyl (C=O) groups is 1. The molecule has 0 unspecified atom stereocenters. The van der Waals surface area contributed by atoms with E-state index in [9.17, 15) is 23.3 Å². The first-order valence-corrected chi connectivity index (χ1v) is 9.61. The van der Waals surface area contributed by atoms with Gasteiger partial charge in [-0.1, -0.05) is 15.9 Å². The maximum Gasteiger partial charge on any atom is 0.293 e. The van der Waals surface area contributed by atoms with Crippen molar-refractivity contribution in [2.45, 2.75) is 11.3 Å². The first-order chi connectivity index (χ1) is 12.2. The van der Waals surface area contributed by atoms with Crippen LogP contribution in [0.4, 0.5) is 17.1 Å². The van der Waals surface area contributed by atoms with Crippen molar-refractivity contribution in [3.63, 3.8) is 0 Å². The molecule has 0 aliphatic carbocycles. The molecule has 4 N–H and O–H groups in total. The molecule has 0 saturated carbocycles. The van der Waals surface area contributed by atoms with Crippen molar-refractivity contribution in [2.24, 2.45) is 5.14 Å². The summed E-state index contributed by atoms with van der Waals surface area (Å²) in [5, 5.41) is 21.5. The van der Waals surface area contributed by atoms with E-state index in [1.807, 2.05) is 0 Å². The zero-order chi connectivity index (χ0) is 19.3. The summed E-state index contributed by atoms with van der Waals surface area (Å²) in [4.78, 5) is 21.9. The van der Waals surface area contributed by atoms with Gasteiger partial charge in [0.15, 0.2) is 0 Å². The van der Waals surface area contributed by atoms with Gasteiger partial charge >= 0.3 is 0 Å². The molecule has 0 fully saturated rings. The number of hydrogen-bond donors (Lipinski definition) is 3. The number of nitro groups is 1. The van der Waals surface area contributed by atoms with Gasteiger partial charge in [-0.2, -0.15) is 0 Å². The van der Waals surface area contributed by atoms with Gasteiger partial charge in [0.05, 0.1) is 9.82 Å². The minimum absolute atomic E-state index is 0.0597. The molecule has 2 aromatic carbocycles. The maximum atomic E-state index is 11.9. The molecule has 2 aromatic rings. The predicted molar refractivity (Wildman–Crippen MR) is 100 cm³/mol. The number of carbonyl (C=O) groups excluding carboxylic acids is 1. The van der Waals surface area contributed by atoms with Crippen LogP contribution in [0.15, 0.2) is 51.8 Å². The van der Waals surface area contributed by atoms with E-state index >= 15 is 0 Å². The number of halogens is 1. The summed E-state index contributed by atoms with van der Waals surface area (Å²) in [5.41, 5.74) is 0.283. The molecule has 0 saturated heterocycles. The van der Waals surface area contributed by atoms with E-state index in [0.29, 0.717) is 5.69 Å². The second kappa shape index (κ2) is 8.25. The first kappa shape index (κ1) is 19.8. The topological polar surface area (TPSA) is 144 Å². The highest BCUT2D eigenvalue weighted by atomic mass is 79.9. The van der Waals surface area contributed by atoms with Crippen molar-refractivity contribution in [3.8, 4) is 0 Å². The van der Waals surface area contributed by atoms with Crippen LogP contribution >= 0.6 is 15.9 Å². The van der Waals surface area contributed by atoms with Crippen LogP contribution in [0.3, 0.4) is 0 Å². The van der Waals surface area contributed by atoms with Crippen LogP contribution in [0.1, 0.15) is 6.42 Å². The van der Waals surface area contributed by atoms with Gasteiger partial charge in [0, 0.05) is 29.2 Å². The lowest BCUT2D eigenvalue weighted by Gasteiger charge is -2.09. The number of rotatable bonds is 7. The van der Waals surface area contributed by atoms with E-state index in [0.717, 1.165) is 16.6 Å². The molecule has 0 heterocycles. The van der Waals surface area contributed by atoms with Crippen LogP contribution in [-0.2, 0) is 14.8 Å². The minimum Gasteiger partial charge on any atom is -0.379 e. The Morgan fingerprint density at radius 1 is 1.19 bits per heavy atom. The van der Waals surface area contributed by atoms with Crippen molar-refractivity contribution < 1.29 is 18.1 Å². The molecule has 138 valence electrons. The maximum absolute atomic E-state index is 11.9. The summed E-state index contributed by atoms with van der Waals surface area (Å²) in [5.74, 6) is -0.274. The fourth-order valence-corrected chi connectivity index (χ4v) is 2.85. The zero-order valence-electron chi connectivity index (χ0n) is 13.3. The number of nitrogens with two attached hydrogens (primary N) is 1. The standard InChI is InChI=1S/C15H15BrN4O5S/c16-10-1-3-11(4-2-10)19-15(21)7-8-18-13-6-5-12(26(17,24)25)9-14(13)20(22)23/h1-6,9,18H,7-8H2,(H,19,21)(H2,17,24,25). The van der Waals surface area contributed by atoms with Gasteiger partial charge in [0.1, 0.15) is 5.69 Å². The summed E-state index contributed by atoms with van der Waals surface area (Å²) in [6.45, 7) is 0.123. The highest BCUT2D eigenvalue weighted by molar-refractivity contribution is 9.10. The van der Waals surface area contributed by atoms with Gasteiger partial charge in [0.2, 0.25) is 15.9 Å². The van der Waals surface area contributed by atoms with Gasteiger partial charge in [-0.15, -0.1) is 0 Å². The molecule has 0 bridgehead atoms. The number of anilines is 2. The molecule has 0 aliphatic rings. The third kappa shape index (κ3) is 5.51. The Kier molecular flexibility index (Phi) is 6.29. The fourth-order valence-electron chi connectivity index (χ4n) is 2.06. The van der Waals surface area contributed by atoms with E-state index in [4.69, 9.17) is 5.14 Å². The third-order valence-electron chi connectivity index (χ3n) is 3.29. The largest absolute Gasteiger partial charge is 0.379 e. The number of amides is 1. The van der Waals surface area contributed by atoms with E-state index in [1.165, 1.54) is 6.07 Å². The van der Waals surface area contributed by atoms with Crippen molar-refractivity contribution >= 4 is 48.9 Å². The summed E-state index contributed by atoms with van der Waals surface area (Å²) in [6.07, 6.45) is 0.0597. The number of sulfonamides is 1. The van der Waals surface area contributed by atoms with Crippen molar-refractivity contribution in [1.82, 2.24) is 0 Å². The van der Waals surface area contributed by atoms with Crippen LogP contribution in [0.2, 0.25) is 0 Å². The van der Waals surface area contributed by atoms with Crippen molar-refractivity contribution in [2.75, 3.05) is 17.2 Å². The lowest BCUT2D eigenvalue weighted by molar-refractivity contribution is -0.384. The number of primary sulfonamides is 1. The molecule has 9 nitrogen and oxygen atoms in total. The van der Waals surface area contributed by atoms with Crippen LogP contribution in [0.25, 0.3) is 0 Å². The first-order valence-electron chi connectivity index (χ1n) is 7.27. The number of nitrogens with one attached hydrogen (secondary N) is 2. The lowest BCUT2D eigenvalue weighted by Crippen LogP contribution is -2.17. The van der Waals surface area contributed by atoms with E-state index < -0.39 is 20.6 Å².